The number of anilines is 2. The second-order valence-electron chi connectivity index (χ2n) is 7.82. The molecule has 3 heterocycles. The third-order valence-electron chi connectivity index (χ3n) is 5.43. The molecule has 0 bridgehead atoms. The summed E-state index contributed by atoms with van der Waals surface area (Å²) in [7, 11) is 1.99. The average Bonchev–Trinajstić information content (AvgIpc) is 3.23. The maximum atomic E-state index is 13.4. The Balaban J connectivity index is 1.40. The molecule has 8 heteroatoms. The highest BCUT2D eigenvalue weighted by Crippen LogP contribution is 2.31. The number of nitrogens with zero attached hydrogens (tertiary/aromatic N) is 5. The fourth-order valence-corrected chi connectivity index (χ4v) is 4.37. The number of carbonyl (C=O) groups excluding carboxylic acids is 1. The number of carbonyl (C=O) groups is 1. The smallest absolute Gasteiger partial charge is 0.279 e. The molecule has 32 heavy (non-hydrogen) atoms. The van der Waals surface area contributed by atoms with Gasteiger partial charge in [0, 0.05) is 25.5 Å². The number of benzene rings is 2. The zero-order valence-electron chi connectivity index (χ0n) is 18.0. The number of fused-ring (bicyclic) bond motifs is 2. The van der Waals surface area contributed by atoms with Gasteiger partial charge in [-0.05, 0) is 37.6 Å². The van der Waals surface area contributed by atoms with Crippen molar-refractivity contribution >= 4 is 39.9 Å². The molecule has 1 aliphatic rings. The Bertz CT molecular complexity index is 1270. The zero-order chi connectivity index (χ0) is 22.1. The first-order valence-corrected chi connectivity index (χ1v) is 11.4. The van der Waals surface area contributed by atoms with Crippen LogP contribution in [-0.4, -0.2) is 41.0 Å². The number of amides is 1. The Morgan fingerprint density at radius 2 is 1.72 bits per heavy atom. The van der Waals surface area contributed by atoms with Crippen LogP contribution in [0.1, 0.15) is 27.5 Å². The van der Waals surface area contributed by atoms with E-state index in [2.05, 4.69) is 9.88 Å². The van der Waals surface area contributed by atoms with Crippen molar-refractivity contribution in [2.24, 2.45) is 0 Å². The van der Waals surface area contributed by atoms with Crippen molar-refractivity contribution in [2.75, 3.05) is 29.9 Å². The summed E-state index contributed by atoms with van der Waals surface area (Å²) in [6, 6.07) is 15.6. The highest BCUT2D eigenvalue weighted by atomic mass is 32.1. The highest BCUT2D eigenvalue weighted by molar-refractivity contribution is 7.09. The van der Waals surface area contributed by atoms with Crippen molar-refractivity contribution in [3.63, 3.8) is 0 Å². The number of hydrogen-bond acceptors (Lipinski definition) is 7. The number of rotatable bonds is 4. The van der Waals surface area contributed by atoms with E-state index in [-0.39, 0.29) is 5.91 Å². The average molecular weight is 446 g/mol. The lowest BCUT2D eigenvalue weighted by atomic mass is 10.2. The van der Waals surface area contributed by atoms with Gasteiger partial charge in [0.05, 0.1) is 11.0 Å². The lowest BCUT2D eigenvalue weighted by molar-refractivity contribution is 0.0982. The van der Waals surface area contributed by atoms with Crippen LogP contribution in [0.3, 0.4) is 0 Å². The Labute approximate surface area is 190 Å². The highest BCUT2D eigenvalue weighted by Gasteiger charge is 2.28. The second-order valence-corrected chi connectivity index (χ2v) is 8.76. The van der Waals surface area contributed by atoms with Gasteiger partial charge < -0.3 is 9.64 Å². The number of aryl methyl sites for hydroxylation is 1. The minimum atomic E-state index is -0.163. The summed E-state index contributed by atoms with van der Waals surface area (Å²) in [4.78, 5) is 31.3. The zero-order valence-corrected chi connectivity index (χ0v) is 18.8. The van der Waals surface area contributed by atoms with Gasteiger partial charge in [0.25, 0.3) is 5.91 Å². The third kappa shape index (κ3) is 4.01. The molecule has 0 N–H and O–H groups in total. The normalized spacial score (nSPS) is 13.7. The van der Waals surface area contributed by atoms with Gasteiger partial charge in [0.2, 0.25) is 0 Å². The summed E-state index contributed by atoms with van der Waals surface area (Å²) in [5, 5.41) is 2.55. The summed E-state index contributed by atoms with van der Waals surface area (Å²) < 4.78 is 5.82. The SMILES string of the molecule is Cc1ccc(OCc2nc(C(=O)N3CCCN(C)c4nc5ccccc5nc43)cs2)cc1. The number of para-hydroxylation sites is 2. The van der Waals surface area contributed by atoms with Crippen molar-refractivity contribution in [1.82, 2.24) is 15.0 Å². The Kier molecular flexibility index (Phi) is 5.45. The van der Waals surface area contributed by atoms with Crippen LogP contribution in [0.2, 0.25) is 0 Å². The fraction of sp³-hybridized carbons (Fsp3) is 0.250. The first kappa shape index (κ1) is 20.4. The predicted octanol–water partition coefficient (Wildman–Crippen LogP) is 4.46. The molecule has 0 unspecified atom stereocenters. The van der Waals surface area contributed by atoms with Crippen LogP contribution in [-0.2, 0) is 6.61 Å². The van der Waals surface area contributed by atoms with Crippen molar-refractivity contribution < 1.29 is 9.53 Å². The molecule has 0 spiro atoms. The van der Waals surface area contributed by atoms with Gasteiger partial charge in [-0.3, -0.25) is 9.69 Å². The number of thiazole rings is 1. The molecule has 0 saturated carbocycles. The fourth-order valence-electron chi connectivity index (χ4n) is 3.69. The molecule has 4 aromatic rings. The van der Waals surface area contributed by atoms with E-state index >= 15 is 0 Å². The molecular formula is C24H23N5O2S. The van der Waals surface area contributed by atoms with Gasteiger partial charge >= 0.3 is 0 Å². The number of hydrogen-bond donors (Lipinski definition) is 0. The van der Waals surface area contributed by atoms with E-state index in [1.807, 2.05) is 62.5 Å². The van der Waals surface area contributed by atoms with Crippen molar-refractivity contribution in [1.29, 1.82) is 0 Å². The minimum absolute atomic E-state index is 0.163. The molecule has 1 amide bonds. The molecule has 7 nitrogen and oxygen atoms in total. The monoisotopic (exact) mass is 445 g/mol. The summed E-state index contributed by atoms with van der Waals surface area (Å²) in [6.07, 6.45) is 0.824. The molecule has 0 radical (unpaired) electrons. The molecular weight excluding hydrogens is 422 g/mol. The van der Waals surface area contributed by atoms with Gasteiger partial charge in [-0.15, -0.1) is 11.3 Å². The molecule has 0 aliphatic carbocycles. The molecule has 1 aliphatic heterocycles. The molecule has 2 aromatic carbocycles. The maximum Gasteiger partial charge on any atom is 0.279 e. The van der Waals surface area contributed by atoms with Crippen LogP contribution >= 0.6 is 11.3 Å². The predicted molar refractivity (Wildman–Crippen MR) is 127 cm³/mol. The first-order valence-electron chi connectivity index (χ1n) is 10.5. The summed E-state index contributed by atoms with van der Waals surface area (Å²) in [5.41, 5.74) is 3.17. The maximum absolute atomic E-state index is 13.4. The van der Waals surface area contributed by atoms with Gasteiger partial charge in [0.1, 0.15) is 23.1 Å². The topological polar surface area (TPSA) is 71.5 Å². The van der Waals surface area contributed by atoms with Crippen molar-refractivity contribution in [3.8, 4) is 5.75 Å². The molecule has 0 saturated heterocycles. The van der Waals surface area contributed by atoms with Crippen LogP contribution in [0.15, 0.2) is 53.9 Å². The van der Waals surface area contributed by atoms with Gasteiger partial charge in [-0.2, -0.15) is 0 Å². The van der Waals surface area contributed by atoms with E-state index in [1.165, 1.54) is 16.9 Å². The van der Waals surface area contributed by atoms with E-state index < -0.39 is 0 Å². The van der Waals surface area contributed by atoms with E-state index in [1.54, 1.807) is 10.3 Å². The number of aromatic nitrogens is 3. The quantitative estimate of drug-likeness (QED) is 0.462. The van der Waals surface area contributed by atoms with Gasteiger partial charge in [0.15, 0.2) is 11.6 Å². The second kappa shape index (κ2) is 8.55. The Morgan fingerprint density at radius 1 is 1.00 bits per heavy atom. The van der Waals surface area contributed by atoms with Crippen LogP contribution in [0.4, 0.5) is 11.6 Å². The third-order valence-corrected chi connectivity index (χ3v) is 6.25. The molecule has 0 fully saturated rings. The number of ether oxygens (including phenoxy) is 1. The van der Waals surface area contributed by atoms with E-state index in [9.17, 15) is 4.79 Å². The van der Waals surface area contributed by atoms with Crippen LogP contribution in [0, 0.1) is 6.92 Å². The van der Waals surface area contributed by atoms with E-state index in [0.717, 1.165) is 34.8 Å². The lowest BCUT2D eigenvalue weighted by Gasteiger charge is -2.22. The minimum Gasteiger partial charge on any atom is -0.486 e. The molecule has 5 rings (SSSR count). The summed E-state index contributed by atoms with van der Waals surface area (Å²) in [6.45, 7) is 3.73. The summed E-state index contributed by atoms with van der Waals surface area (Å²) in [5.74, 6) is 1.92. The van der Waals surface area contributed by atoms with Crippen molar-refractivity contribution in [2.45, 2.75) is 20.0 Å². The Morgan fingerprint density at radius 3 is 2.47 bits per heavy atom. The Hall–Kier alpha value is -3.52. The first-order chi connectivity index (χ1) is 15.6. The van der Waals surface area contributed by atoms with Crippen LogP contribution in [0.25, 0.3) is 11.0 Å². The van der Waals surface area contributed by atoms with Crippen LogP contribution < -0.4 is 14.5 Å². The van der Waals surface area contributed by atoms with Gasteiger partial charge in [-0.25, -0.2) is 15.0 Å². The van der Waals surface area contributed by atoms with E-state index in [4.69, 9.17) is 14.7 Å². The molecule has 2 aromatic heterocycles. The van der Waals surface area contributed by atoms with Gasteiger partial charge in [-0.1, -0.05) is 29.8 Å². The molecule has 0 atom stereocenters. The summed E-state index contributed by atoms with van der Waals surface area (Å²) >= 11 is 1.42. The largest absolute Gasteiger partial charge is 0.486 e. The standard InChI is InChI=1S/C24H23N5O2S/c1-16-8-10-17(11-9-16)31-14-21-25-20(15-32-21)24(30)29-13-5-12-28(2)22-23(29)27-19-7-4-3-6-18(19)26-22/h3-4,6-11,15H,5,12-14H2,1-2H3. The molecule has 162 valence electrons. The van der Waals surface area contributed by atoms with Crippen LogP contribution in [0.5, 0.6) is 5.75 Å². The van der Waals surface area contributed by atoms with E-state index in [0.29, 0.717) is 30.5 Å². The lowest BCUT2D eigenvalue weighted by Crippen LogP contribution is -2.32. The van der Waals surface area contributed by atoms with Crippen molar-refractivity contribution in [3.05, 3.63) is 70.2 Å².